The fourth-order valence-electron chi connectivity index (χ4n) is 0.542. The lowest BCUT2D eigenvalue weighted by Gasteiger charge is -2.31. The van der Waals surface area contributed by atoms with Crippen LogP contribution >= 0.6 is 22.6 Å². The van der Waals surface area contributed by atoms with Crippen LogP contribution in [-0.4, -0.2) is 28.3 Å². The van der Waals surface area contributed by atoms with Crippen LogP contribution in [0.15, 0.2) is 0 Å². The van der Waals surface area contributed by atoms with E-state index in [0.717, 1.165) is 19.5 Å². The van der Waals surface area contributed by atoms with E-state index in [9.17, 15) is 4.79 Å². The van der Waals surface area contributed by atoms with Crippen molar-refractivity contribution in [2.45, 2.75) is 3.92 Å². The second-order valence-corrected chi connectivity index (χ2v) is 3.42. The minimum Gasteiger partial charge on any atom is -0.343 e. The Labute approximate surface area is 56.0 Å². The molecule has 7 heavy (non-hydrogen) atoms. The Kier molecular flexibility index (Phi) is 1.51. The first-order valence-corrected chi connectivity index (χ1v) is 3.41. The average Bonchev–Trinajstić information content (AvgIpc) is 1.58. The molecule has 0 unspecified atom stereocenters. The summed E-state index contributed by atoms with van der Waals surface area (Å²) in [6.07, 6.45) is 0.898. The van der Waals surface area contributed by atoms with E-state index in [1.807, 2.05) is 0 Å². The van der Waals surface area contributed by atoms with Crippen molar-refractivity contribution in [1.29, 1.82) is 0 Å². The lowest BCUT2D eigenvalue weighted by molar-refractivity contribution is -0.120. The third-order valence-corrected chi connectivity index (χ3v) is 1.80. The number of rotatable bonds is 1. The minimum atomic E-state index is 0.711. The fourth-order valence-corrected chi connectivity index (χ4v) is 1.55. The van der Waals surface area contributed by atoms with Gasteiger partial charge in [0.25, 0.3) is 0 Å². The second-order valence-electron chi connectivity index (χ2n) is 1.66. The highest BCUT2D eigenvalue weighted by molar-refractivity contribution is 14.1. The molecule has 40 valence electrons. The maximum Gasteiger partial charge on any atom is 0.209 e. The van der Waals surface area contributed by atoms with Crippen LogP contribution in [0.1, 0.15) is 0 Å². The molecule has 2 nitrogen and oxygen atoms in total. The van der Waals surface area contributed by atoms with E-state index < -0.39 is 0 Å². The number of halogens is 1. The number of likely N-dealkylation sites (tertiary alicyclic amines) is 1. The highest BCUT2D eigenvalue weighted by Crippen LogP contribution is 2.13. The van der Waals surface area contributed by atoms with Crippen molar-refractivity contribution in [1.82, 2.24) is 4.90 Å². The number of nitrogens with zero attached hydrogens (tertiary/aromatic N) is 1. The van der Waals surface area contributed by atoms with E-state index in [1.165, 1.54) is 0 Å². The quantitative estimate of drug-likeness (QED) is 0.346. The molecule has 1 heterocycles. The van der Waals surface area contributed by atoms with E-state index in [1.54, 1.807) is 4.90 Å². The van der Waals surface area contributed by atoms with Crippen molar-refractivity contribution >= 4 is 29.0 Å². The molecule has 0 aromatic heterocycles. The number of hydrogen-bond donors (Lipinski definition) is 0. The molecule has 1 rings (SSSR count). The molecule has 0 atom stereocenters. The lowest BCUT2D eigenvalue weighted by atomic mass is 10.2. The van der Waals surface area contributed by atoms with Gasteiger partial charge in [-0.2, -0.15) is 0 Å². The monoisotopic (exact) mass is 211 g/mol. The van der Waals surface area contributed by atoms with Crippen LogP contribution in [0.5, 0.6) is 0 Å². The Morgan fingerprint density at radius 1 is 1.71 bits per heavy atom. The Balaban J connectivity index is 2.17. The molecular weight excluding hydrogens is 205 g/mol. The molecule has 3 heteroatoms. The lowest BCUT2D eigenvalue weighted by Crippen LogP contribution is -2.46. The third-order valence-electron chi connectivity index (χ3n) is 1.01. The van der Waals surface area contributed by atoms with Crippen molar-refractivity contribution in [2.75, 3.05) is 13.1 Å². The molecule has 0 spiro atoms. The van der Waals surface area contributed by atoms with Crippen molar-refractivity contribution in [3.8, 4) is 0 Å². The molecule has 1 saturated heterocycles. The van der Waals surface area contributed by atoms with E-state index in [2.05, 4.69) is 22.6 Å². The molecule has 0 aliphatic carbocycles. The Bertz CT molecular complexity index is 79.8. The normalized spacial score (nSPS) is 21.6. The highest BCUT2D eigenvalue weighted by atomic mass is 127. The SMILES string of the molecule is O=CN1CC(I)C1. The van der Waals surface area contributed by atoms with E-state index >= 15 is 0 Å². The summed E-state index contributed by atoms with van der Waals surface area (Å²) in [6.45, 7) is 1.90. The number of carbonyl (C=O) groups excluding carboxylic acids is 1. The van der Waals surface area contributed by atoms with Gasteiger partial charge in [-0.15, -0.1) is 0 Å². The Hall–Kier alpha value is 0.200. The van der Waals surface area contributed by atoms with E-state index in [0.29, 0.717) is 3.92 Å². The van der Waals surface area contributed by atoms with Gasteiger partial charge in [0.1, 0.15) is 0 Å². The fraction of sp³-hybridized carbons (Fsp3) is 0.750. The summed E-state index contributed by atoms with van der Waals surface area (Å²) in [4.78, 5) is 11.6. The van der Waals surface area contributed by atoms with Gasteiger partial charge < -0.3 is 4.90 Å². The molecule has 0 bridgehead atoms. The van der Waals surface area contributed by atoms with Crippen molar-refractivity contribution < 1.29 is 4.79 Å². The largest absolute Gasteiger partial charge is 0.343 e. The van der Waals surface area contributed by atoms with Crippen LogP contribution in [0.25, 0.3) is 0 Å². The summed E-state index contributed by atoms with van der Waals surface area (Å²) in [5, 5.41) is 0. The first-order chi connectivity index (χ1) is 3.33. The van der Waals surface area contributed by atoms with Crippen molar-refractivity contribution in [2.24, 2.45) is 0 Å². The summed E-state index contributed by atoms with van der Waals surface area (Å²) in [6, 6.07) is 0. The van der Waals surface area contributed by atoms with Crippen molar-refractivity contribution in [3.63, 3.8) is 0 Å². The van der Waals surface area contributed by atoms with Crippen LogP contribution < -0.4 is 0 Å². The van der Waals surface area contributed by atoms with Gasteiger partial charge in [0.15, 0.2) is 0 Å². The summed E-state index contributed by atoms with van der Waals surface area (Å²) >= 11 is 2.33. The molecule has 1 amide bonds. The molecule has 0 aromatic rings. The van der Waals surface area contributed by atoms with Crippen LogP contribution in [-0.2, 0) is 4.79 Å². The first-order valence-electron chi connectivity index (χ1n) is 2.16. The van der Waals surface area contributed by atoms with Gasteiger partial charge in [0, 0.05) is 17.0 Å². The van der Waals surface area contributed by atoms with Gasteiger partial charge in [-0.05, 0) is 0 Å². The van der Waals surface area contributed by atoms with E-state index in [-0.39, 0.29) is 0 Å². The van der Waals surface area contributed by atoms with Gasteiger partial charge in [-0.25, -0.2) is 0 Å². The highest BCUT2D eigenvalue weighted by Gasteiger charge is 2.21. The van der Waals surface area contributed by atoms with Gasteiger partial charge in [0.05, 0.1) is 0 Å². The maximum absolute atomic E-state index is 9.86. The topological polar surface area (TPSA) is 20.3 Å². The zero-order valence-corrected chi connectivity index (χ0v) is 5.96. The van der Waals surface area contributed by atoms with Crippen LogP contribution in [0.4, 0.5) is 0 Å². The van der Waals surface area contributed by atoms with Crippen LogP contribution in [0.3, 0.4) is 0 Å². The molecule has 1 aliphatic rings. The predicted molar refractivity (Wildman–Crippen MR) is 35.4 cm³/mol. The molecular formula is C4H6INO. The van der Waals surface area contributed by atoms with Crippen LogP contribution in [0.2, 0.25) is 0 Å². The third kappa shape index (κ3) is 1.05. The summed E-state index contributed by atoms with van der Waals surface area (Å²) in [5.41, 5.74) is 0. The summed E-state index contributed by atoms with van der Waals surface area (Å²) < 4.78 is 0.711. The van der Waals surface area contributed by atoms with Gasteiger partial charge in [-0.1, -0.05) is 22.6 Å². The average molecular weight is 211 g/mol. The van der Waals surface area contributed by atoms with Gasteiger partial charge in [-0.3, -0.25) is 4.79 Å². The molecule has 1 aliphatic heterocycles. The second kappa shape index (κ2) is 1.98. The smallest absolute Gasteiger partial charge is 0.209 e. The van der Waals surface area contributed by atoms with Crippen molar-refractivity contribution in [3.05, 3.63) is 0 Å². The number of alkyl halides is 1. The number of carbonyl (C=O) groups is 1. The zero-order valence-electron chi connectivity index (χ0n) is 3.80. The number of hydrogen-bond acceptors (Lipinski definition) is 1. The van der Waals surface area contributed by atoms with E-state index in [4.69, 9.17) is 0 Å². The molecule has 0 aromatic carbocycles. The number of amides is 1. The molecule has 0 N–H and O–H groups in total. The minimum absolute atomic E-state index is 0.711. The maximum atomic E-state index is 9.86. The Morgan fingerprint density at radius 2 is 2.29 bits per heavy atom. The zero-order chi connectivity index (χ0) is 5.28. The standard InChI is InChI=1S/C4H6INO/c5-4-1-6(2-4)3-7/h3-4H,1-2H2. The Morgan fingerprint density at radius 3 is 2.43 bits per heavy atom. The summed E-state index contributed by atoms with van der Waals surface area (Å²) in [5.74, 6) is 0. The van der Waals surface area contributed by atoms with Crippen LogP contribution in [0, 0.1) is 0 Å². The predicted octanol–water partition coefficient (Wildman–Crippen LogP) is 0.262. The summed E-state index contributed by atoms with van der Waals surface area (Å²) in [7, 11) is 0. The first kappa shape index (κ1) is 5.34. The molecule has 1 fully saturated rings. The molecule has 0 radical (unpaired) electrons. The van der Waals surface area contributed by atoms with Gasteiger partial charge in [0.2, 0.25) is 6.41 Å². The molecule has 0 saturated carbocycles. The van der Waals surface area contributed by atoms with Gasteiger partial charge >= 0.3 is 0 Å².